The van der Waals surface area contributed by atoms with E-state index < -0.39 is 4.92 Å². The molecule has 1 aromatic rings. The lowest BCUT2D eigenvalue weighted by atomic mass is 9.94. The van der Waals surface area contributed by atoms with Crippen LogP contribution in [-0.2, 0) is 4.79 Å². The Morgan fingerprint density at radius 2 is 2.28 bits per heavy atom. The number of nitrogen functional groups attached to an aromatic ring is 1. The summed E-state index contributed by atoms with van der Waals surface area (Å²) < 4.78 is 0. The SMILES string of the molecule is C[C@H]1CC(=O)NN=C1c1ccc(N)c([N+](=O)[O-])c1. The van der Waals surface area contributed by atoms with Crippen LogP contribution in [0.3, 0.4) is 0 Å². The van der Waals surface area contributed by atoms with Crippen LogP contribution in [0.4, 0.5) is 11.4 Å². The first-order chi connectivity index (χ1) is 8.49. The van der Waals surface area contributed by atoms with E-state index in [0.717, 1.165) is 0 Å². The van der Waals surface area contributed by atoms with Gasteiger partial charge in [0.2, 0.25) is 5.91 Å². The van der Waals surface area contributed by atoms with E-state index in [9.17, 15) is 14.9 Å². The van der Waals surface area contributed by atoms with Crippen LogP contribution in [0.2, 0.25) is 0 Å². The third kappa shape index (κ3) is 2.15. The molecule has 0 spiro atoms. The molecular weight excluding hydrogens is 236 g/mol. The van der Waals surface area contributed by atoms with Gasteiger partial charge in [-0.05, 0) is 6.07 Å². The Hall–Kier alpha value is -2.44. The van der Waals surface area contributed by atoms with Crippen molar-refractivity contribution in [1.82, 2.24) is 5.43 Å². The van der Waals surface area contributed by atoms with Crippen LogP contribution in [0.15, 0.2) is 23.3 Å². The van der Waals surface area contributed by atoms with Crippen LogP contribution in [-0.4, -0.2) is 16.5 Å². The zero-order valence-corrected chi connectivity index (χ0v) is 9.71. The normalized spacial score (nSPS) is 19.1. The second-order valence-electron chi connectivity index (χ2n) is 4.17. The number of hydrazone groups is 1. The number of hydrogen-bond acceptors (Lipinski definition) is 5. The number of nitro groups is 1. The monoisotopic (exact) mass is 248 g/mol. The lowest BCUT2D eigenvalue weighted by molar-refractivity contribution is -0.383. The van der Waals surface area contributed by atoms with Crippen molar-refractivity contribution in [1.29, 1.82) is 0 Å². The summed E-state index contributed by atoms with van der Waals surface area (Å²) in [5.74, 6) is -0.238. The molecule has 1 aliphatic rings. The molecule has 1 aromatic carbocycles. The lowest BCUT2D eigenvalue weighted by Crippen LogP contribution is -2.32. The molecule has 7 nitrogen and oxygen atoms in total. The molecule has 3 N–H and O–H groups in total. The van der Waals surface area contributed by atoms with Gasteiger partial charge in [0.25, 0.3) is 5.69 Å². The maximum atomic E-state index is 11.1. The lowest BCUT2D eigenvalue weighted by Gasteiger charge is -2.19. The summed E-state index contributed by atoms with van der Waals surface area (Å²) >= 11 is 0. The average Bonchev–Trinajstić information content (AvgIpc) is 2.30. The van der Waals surface area contributed by atoms with Crippen molar-refractivity contribution in [2.75, 3.05) is 5.73 Å². The van der Waals surface area contributed by atoms with E-state index in [0.29, 0.717) is 17.7 Å². The summed E-state index contributed by atoms with van der Waals surface area (Å²) in [4.78, 5) is 21.4. The molecular formula is C11H12N4O3. The van der Waals surface area contributed by atoms with Gasteiger partial charge in [-0.15, -0.1) is 0 Å². The van der Waals surface area contributed by atoms with Gasteiger partial charge >= 0.3 is 0 Å². The Balaban J connectivity index is 2.43. The van der Waals surface area contributed by atoms with Gasteiger partial charge in [0.1, 0.15) is 5.69 Å². The minimum atomic E-state index is -0.536. The highest BCUT2D eigenvalue weighted by Gasteiger charge is 2.23. The molecule has 7 heteroatoms. The Bertz CT molecular complexity index is 553. The Kier molecular flexibility index (Phi) is 2.97. The van der Waals surface area contributed by atoms with E-state index in [1.54, 1.807) is 6.07 Å². The average molecular weight is 248 g/mol. The van der Waals surface area contributed by atoms with E-state index >= 15 is 0 Å². The number of nitrogens with two attached hydrogens (primary N) is 1. The highest BCUT2D eigenvalue weighted by Crippen LogP contribution is 2.25. The zero-order valence-electron chi connectivity index (χ0n) is 9.71. The van der Waals surface area contributed by atoms with Crippen molar-refractivity contribution < 1.29 is 9.72 Å². The first-order valence-electron chi connectivity index (χ1n) is 5.39. The molecule has 1 atom stereocenters. The van der Waals surface area contributed by atoms with Crippen molar-refractivity contribution in [3.63, 3.8) is 0 Å². The quantitative estimate of drug-likeness (QED) is 0.462. The minimum absolute atomic E-state index is 0.0815. The highest BCUT2D eigenvalue weighted by atomic mass is 16.6. The van der Waals surface area contributed by atoms with Crippen molar-refractivity contribution in [2.45, 2.75) is 13.3 Å². The number of nitrogens with zero attached hydrogens (tertiary/aromatic N) is 2. The van der Waals surface area contributed by atoms with Gasteiger partial charge in [-0.25, -0.2) is 5.43 Å². The van der Waals surface area contributed by atoms with Gasteiger partial charge in [0.05, 0.1) is 10.6 Å². The Morgan fingerprint density at radius 3 is 2.89 bits per heavy atom. The fourth-order valence-electron chi connectivity index (χ4n) is 1.86. The number of hydrogen-bond donors (Lipinski definition) is 2. The minimum Gasteiger partial charge on any atom is -0.393 e. The summed E-state index contributed by atoms with van der Waals surface area (Å²) in [7, 11) is 0. The van der Waals surface area contributed by atoms with Gasteiger partial charge in [0.15, 0.2) is 0 Å². The molecule has 0 bridgehead atoms. The van der Waals surface area contributed by atoms with E-state index in [2.05, 4.69) is 10.5 Å². The molecule has 0 radical (unpaired) electrons. The first kappa shape index (κ1) is 12.0. The van der Waals surface area contributed by atoms with E-state index in [4.69, 9.17) is 5.73 Å². The largest absolute Gasteiger partial charge is 0.393 e. The molecule has 2 rings (SSSR count). The van der Waals surface area contributed by atoms with Gasteiger partial charge in [-0.1, -0.05) is 13.0 Å². The van der Waals surface area contributed by atoms with Gasteiger partial charge < -0.3 is 5.73 Å². The van der Waals surface area contributed by atoms with Crippen molar-refractivity contribution in [3.05, 3.63) is 33.9 Å². The molecule has 18 heavy (non-hydrogen) atoms. The van der Waals surface area contributed by atoms with Crippen LogP contribution < -0.4 is 11.2 Å². The van der Waals surface area contributed by atoms with Crippen LogP contribution in [0.25, 0.3) is 0 Å². The predicted octanol–water partition coefficient (Wildman–Crippen LogP) is 1.04. The molecule has 0 aromatic heterocycles. The summed E-state index contributed by atoms with van der Waals surface area (Å²) in [5, 5.41) is 14.8. The van der Waals surface area contributed by atoms with Gasteiger partial charge in [-0.2, -0.15) is 5.10 Å². The first-order valence-corrected chi connectivity index (χ1v) is 5.39. The van der Waals surface area contributed by atoms with Crippen molar-refractivity contribution >= 4 is 23.0 Å². The van der Waals surface area contributed by atoms with Gasteiger partial charge in [-0.3, -0.25) is 14.9 Å². The molecule has 0 saturated carbocycles. The Morgan fingerprint density at radius 1 is 1.56 bits per heavy atom. The summed E-state index contributed by atoms with van der Waals surface area (Å²) in [6, 6.07) is 4.51. The summed E-state index contributed by atoms with van der Waals surface area (Å²) in [6.07, 6.45) is 0.316. The van der Waals surface area contributed by atoms with Crippen LogP contribution >= 0.6 is 0 Å². The van der Waals surface area contributed by atoms with Gasteiger partial charge in [0, 0.05) is 24.0 Å². The molecule has 1 heterocycles. The predicted molar refractivity (Wildman–Crippen MR) is 66.0 cm³/mol. The smallest absolute Gasteiger partial charge is 0.292 e. The molecule has 0 unspecified atom stereocenters. The van der Waals surface area contributed by atoms with Crippen molar-refractivity contribution in [2.24, 2.45) is 11.0 Å². The number of amides is 1. The Labute approximate surface area is 103 Å². The van der Waals surface area contributed by atoms with Crippen LogP contribution in [0.1, 0.15) is 18.9 Å². The molecule has 0 aliphatic carbocycles. The summed E-state index contributed by atoms with van der Waals surface area (Å²) in [5.41, 5.74) is 9.08. The molecule has 0 fully saturated rings. The number of nitro benzene ring substituents is 1. The van der Waals surface area contributed by atoms with E-state index in [-0.39, 0.29) is 23.2 Å². The molecule has 1 amide bonds. The second kappa shape index (κ2) is 4.44. The molecule has 94 valence electrons. The third-order valence-corrected chi connectivity index (χ3v) is 2.78. The number of anilines is 1. The van der Waals surface area contributed by atoms with E-state index in [1.807, 2.05) is 6.92 Å². The number of nitrogens with one attached hydrogen (secondary N) is 1. The highest BCUT2D eigenvalue weighted by molar-refractivity contribution is 6.06. The maximum Gasteiger partial charge on any atom is 0.292 e. The van der Waals surface area contributed by atoms with Crippen molar-refractivity contribution in [3.8, 4) is 0 Å². The fraction of sp³-hybridized carbons (Fsp3) is 0.273. The van der Waals surface area contributed by atoms with E-state index in [1.165, 1.54) is 12.1 Å². The zero-order chi connectivity index (χ0) is 13.3. The fourth-order valence-corrected chi connectivity index (χ4v) is 1.86. The number of carbonyl (C=O) groups is 1. The summed E-state index contributed by atoms with van der Waals surface area (Å²) in [6.45, 7) is 1.85. The van der Waals surface area contributed by atoms with Crippen LogP contribution in [0, 0.1) is 16.0 Å². The number of benzene rings is 1. The number of carbonyl (C=O) groups excluding carboxylic acids is 1. The molecule has 0 saturated heterocycles. The third-order valence-electron chi connectivity index (χ3n) is 2.78. The second-order valence-corrected chi connectivity index (χ2v) is 4.17. The maximum absolute atomic E-state index is 11.1. The standard InChI is InChI=1S/C11H12N4O3/c1-6-4-10(16)13-14-11(6)7-2-3-8(12)9(5-7)15(17)18/h2-3,5-6H,4,12H2,1H3,(H,13,16)/t6-/m0/s1. The number of rotatable bonds is 2. The topological polar surface area (TPSA) is 111 Å². The molecule has 1 aliphatic heterocycles. The van der Waals surface area contributed by atoms with Crippen LogP contribution in [0.5, 0.6) is 0 Å².